The number of anilines is 1. The Morgan fingerprint density at radius 2 is 2.06 bits per heavy atom. The lowest BCUT2D eigenvalue weighted by Crippen LogP contribution is -2.25. The van der Waals surface area contributed by atoms with Crippen LogP contribution < -0.4 is 5.32 Å². The van der Waals surface area contributed by atoms with Gasteiger partial charge in [-0.2, -0.15) is 0 Å². The predicted molar refractivity (Wildman–Crippen MR) is 70.7 cm³/mol. The Hall–Kier alpha value is -1.51. The fourth-order valence-electron chi connectivity index (χ4n) is 1.90. The second-order valence-electron chi connectivity index (χ2n) is 4.76. The van der Waals surface area contributed by atoms with E-state index in [1.807, 2.05) is 19.1 Å². The zero-order valence-electron chi connectivity index (χ0n) is 10.9. The molecule has 1 atom stereocenters. The number of carboxylic acids is 1. The number of hydrogen-bond acceptors (Lipinski definition) is 2. The number of hydrogen-bond donors (Lipinski definition) is 2. The van der Waals surface area contributed by atoms with Gasteiger partial charge in [-0.15, -0.1) is 0 Å². The van der Waals surface area contributed by atoms with Gasteiger partial charge in [0.25, 0.3) is 0 Å². The number of rotatable bonds is 5. The monoisotopic (exact) mass is 235 g/mol. The van der Waals surface area contributed by atoms with E-state index in [4.69, 9.17) is 0 Å². The Labute approximate surface area is 103 Å². The van der Waals surface area contributed by atoms with Crippen molar-refractivity contribution in [1.82, 2.24) is 0 Å². The van der Waals surface area contributed by atoms with E-state index in [-0.39, 0.29) is 0 Å². The summed E-state index contributed by atoms with van der Waals surface area (Å²) in [5.41, 5.74) is 2.03. The summed E-state index contributed by atoms with van der Waals surface area (Å²) in [7, 11) is 0. The number of carbonyl (C=O) groups is 1. The predicted octanol–water partition coefficient (Wildman–Crippen LogP) is 3.54. The average molecular weight is 235 g/mol. The van der Waals surface area contributed by atoms with Crippen LogP contribution in [0.1, 0.15) is 43.1 Å². The highest BCUT2D eigenvalue weighted by atomic mass is 16.4. The van der Waals surface area contributed by atoms with E-state index >= 15 is 0 Å². The normalized spacial score (nSPS) is 12.5. The average Bonchev–Trinajstić information content (AvgIpc) is 2.26. The van der Waals surface area contributed by atoms with E-state index in [9.17, 15) is 9.90 Å². The molecule has 0 heterocycles. The van der Waals surface area contributed by atoms with Gasteiger partial charge in [0.15, 0.2) is 0 Å². The van der Waals surface area contributed by atoms with E-state index in [0.717, 1.165) is 12.0 Å². The zero-order chi connectivity index (χ0) is 13.0. The molecule has 1 unspecified atom stereocenters. The van der Waals surface area contributed by atoms with E-state index in [0.29, 0.717) is 23.2 Å². The summed E-state index contributed by atoms with van der Waals surface area (Å²) in [4.78, 5) is 11.2. The van der Waals surface area contributed by atoms with Crippen LogP contribution in [0.4, 0.5) is 5.69 Å². The molecule has 3 heteroatoms. The van der Waals surface area contributed by atoms with Crippen LogP contribution in [0.3, 0.4) is 0 Å². The molecule has 17 heavy (non-hydrogen) atoms. The van der Waals surface area contributed by atoms with Gasteiger partial charge in [0.1, 0.15) is 0 Å². The van der Waals surface area contributed by atoms with E-state index in [1.165, 1.54) is 0 Å². The molecule has 0 aliphatic rings. The molecule has 2 N–H and O–H groups in total. The fraction of sp³-hybridized carbons (Fsp3) is 0.500. The maximum Gasteiger partial charge on any atom is 0.337 e. The van der Waals surface area contributed by atoms with Crippen LogP contribution in [-0.4, -0.2) is 17.1 Å². The van der Waals surface area contributed by atoms with Crippen molar-refractivity contribution in [1.29, 1.82) is 0 Å². The first-order valence-electron chi connectivity index (χ1n) is 6.06. The van der Waals surface area contributed by atoms with Gasteiger partial charge in [-0.25, -0.2) is 4.79 Å². The molecule has 1 aromatic rings. The Morgan fingerprint density at radius 1 is 1.41 bits per heavy atom. The fourth-order valence-corrected chi connectivity index (χ4v) is 1.90. The molecule has 0 saturated heterocycles. The van der Waals surface area contributed by atoms with Crippen molar-refractivity contribution in [2.24, 2.45) is 5.92 Å². The quantitative estimate of drug-likeness (QED) is 0.820. The molecule has 1 rings (SSSR count). The second-order valence-corrected chi connectivity index (χ2v) is 4.76. The molecule has 3 nitrogen and oxygen atoms in total. The van der Waals surface area contributed by atoms with Crippen LogP contribution >= 0.6 is 0 Å². The standard InChI is InChI=1S/C14H21NO2/c1-5-12(9(2)3)15-13-7-6-10(4)8-11(13)14(16)17/h6-9,12,15H,5H2,1-4H3,(H,16,17). The highest BCUT2D eigenvalue weighted by Crippen LogP contribution is 2.21. The number of aryl methyl sites for hydroxylation is 1. The second kappa shape index (κ2) is 5.71. The van der Waals surface area contributed by atoms with Crippen LogP contribution in [0.15, 0.2) is 18.2 Å². The summed E-state index contributed by atoms with van der Waals surface area (Å²) in [6.45, 7) is 8.27. The van der Waals surface area contributed by atoms with Crippen molar-refractivity contribution in [3.63, 3.8) is 0 Å². The number of nitrogens with one attached hydrogen (secondary N) is 1. The maximum atomic E-state index is 11.2. The van der Waals surface area contributed by atoms with Crippen molar-refractivity contribution in [2.75, 3.05) is 5.32 Å². The molecule has 0 amide bonds. The van der Waals surface area contributed by atoms with Gasteiger partial charge >= 0.3 is 5.97 Å². The smallest absolute Gasteiger partial charge is 0.337 e. The van der Waals surface area contributed by atoms with Crippen molar-refractivity contribution in [3.05, 3.63) is 29.3 Å². The Balaban J connectivity index is 3.01. The van der Waals surface area contributed by atoms with Crippen molar-refractivity contribution in [2.45, 2.75) is 40.2 Å². The van der Waals surface area contributed by atoms with Crippen LogP contribution in [0.25, 0.3) is 0 Å². The molecule has 0 fully saturated rings. The molecule has 0 saturated carbocycles. The van der Waals surface area contributed by atoms with Gasteiger partial charge in [0.2, 0.25) is 0 Å². The van der Waals surface area contributed by atoms with Gasteiger partial charge in [0, 0.05) is 11.7 Å². The minimum Gasteiger partial charge on any atom is -0.478 e. The van der Waals surface area contributed by atoms with Crippen molar-refractivity contribution < 1.29 is 9.90 Å². The molecule has 0 radical (unpaired) electrons. The van der Waals surface area contributed by atoms with E-state index in [1.54, 1.807) is 6.07 Å². The SMILES string of the molecule is CCC(Nc1ccc(C)cc1C(=O)O)C(C)C. The van der Waals surface area contributed by atoms with Crippen molar-refractivity contribution >= 4 is 11.7 Å². The molecular formula is C14H21NO2. The molecule has 94 valence electrons. The van der Waals surface area contributed by atoms with Crippen LogP contribution in [-0.2, 0) is 0 Å². The Bertz CT molecular complexity index is 399. The molecule has 0 aromatic heterocycles. The Morgan fingerprint density at radius 3 is 2.53 bits per heavy atom. The summed E-state index contributed by atoms with van der Waals surface area (Å²) < 4.78 is 0. The summed E-state index contributed by atoms with van der Waals surface area (Å²) in [5.74, 6) is -0.405. The topological polar surface area (TPSA) is 49.3 Å². The third-order valence-electron chi connectivity index (χ3n) is 2.99. The molecule has 0 bridgehead atoms. The number of carboxylic acid groups (broad SMARTS) is 1. The molecule has 0 spiro atoms. The minimum atomic E-state index is -0.880. The zero-order valence-corrected chi connectivity index (χ0v) is 10.9. The largest absolute Gasteiger partial charge is 0.478 e. The van der Waals surface area contributed by atoms with Gasteiger partial charge in [-0.05, 0) is 31.4 Å². The first-order chi connectivity index (χ1) is 7.95. The van der Waals surface area contributed by atoms with Crippen LogP contribution in [0, 0.1) is 12.8 Å². The highest BCUT2D eigenvalue weighted by Gasteiger charge is 2.15. The third-order valence-corrected chi connectivity index (χ3v) is 2.99. The van der Waals surface area contributed by atoms with E-state index < -0.39 is 5.97 Å². The van der Waals surface area contributed by atoms with Crippen LogP contribution in [0.2, 0.25) is 0 Å². The highest BCUT2D eigenvalue weighted by molar-refractivity contribution is 5.94. The van der Waals surface area contributed by atoms with Crippen LogP contribution in [0.5, 0.6) is 0 Å². The molecule has 1 aromatic carbocycles. The molecule has 0 aliphatic carbocycles. The summed E-state index contributed by atoms with van der Waals surface area (Å²) >= 11 is 0. The number of benzene rings is 1. The Kier molecular flexibility index (Phi) is 4.55. The third kappa shape index (κ3) is 3.48. The van der Waals surface area contributed by atoms with Gasteiger partial charge in [-0.1, -0.05) is 32.4 Å². The summed E-state index contributed by atoms with van der Waals surface area (Å²) in [5, 5.41) is 12.5. The van der Waals surface area contributed by atoms with Gasteiger partial charge in [-0.3, -0.25) is 0 Å². The van der Waals surface area contributed by atoms with Crippen molar-refractivity contribution in [3.8, 4) is 0 Å². The lowest BCUT2D eigenvalue weighted by Gasteiger charge is -2.23. The van der Waals surface area contributed by atoms with E-state index in [2.05, 4.69) is 26.1 Å². The van der Waals surface area contributed by atoms with Gasteiger partial charge in [0.05, 0.1) is 5.56 Å². The first-order valence-corrected chi connectivity index (χ1v) is 6.06. The lowest BCUT2D eigenvalue weighted by molar-refractivity contribution is 0.0697. The molecular weight excluding hydrogens is 214 g/mol. The first kappa shape index (κ1) is 13.6. The number of aromatic carboxylic acids is 1. The maximum absolute atomic E-state index is 11.2. The summed E-state index contributed by atoms with van der Waals surface area (Å²) in [6.07, 6.45) is 0.977. The summed E-state index contributed by atoms with van der Waals surface area (Å²) in [6, 6.07) is 5.79. The lowest BCUT2D eigenvalue weighted by atomic mass is 10.0. The minimum absolute atomic E-state index is 0.302. The van der Waals surface area contributed by atoms with Gasteiger partial charge < -0.3 is 10.4 Å². The molecule has 0 aliphatic heterocycles.